The number of rotatable bonds is 7. The van der Waals surface area contributed by atoms with Crippen molar-refractivity contribution in [3.05, 3.63) is 83.4 Å². The molecule has 1 atom stereocenters. The predicted molar refractivity (Wildman–Crippen MR) is 137 cm³/mol. The number of phenolic OH excluding ortho intramolecular Hbond substituents is 1. The maximum atomic E-state index is 13.4. The standard InChI is InChI=1S/C27H28ClN3O4/c1-35-24-12-11-20(17-21(24)28)29-27(34)25(18-7-3-2-4-8-18)31-15-13-19(14-16-31)26(33)30-22-9-5-6-10-23(22)32/h2-12,17,19,25,32H,13-16H2,1H3,(H,29,34)(H,30,33)/t25-/m1/s1. The Morgan fingerprint density at radius 2 is 1.69 bits per heavy atom. The molecule has 0 aromatic heterocycles. The Balaban J connectivity index is 1.45. The maximum absolute atomic E-state index is 13.4. The topological polar surface area (TPSA) is 90.9 Å². The molecule has 3 aromatic rings. The molecule has 0 unspecified atom stereocenters. The fourth-order valence-electron chi connectivity index (χ4n) is 4.35. The molecule has 0 saturated carbocycles. The summed E-state index contributed by atoms with van der Waals surface area (Å²) in [5, 5.41) is 16.2. The molecular weight excluding hydrogens is 466 g/mol. The van der Waals surface area contributed by atoms with Crippen molar-refractivity contribution in [2.24, 2.45) is 5.92 Å². The minimum absolute atomic E-state index is 0.0396. The number of anilines is 2. The lowest BCUT2D eigenvalue weighted by atomic mass is 9.93. The molecule has 1 aliphatic heterocycles. The van der Waals surface area contributed by atoms with Crippen LogP contribution >= 0.6 is 11.6 Å². The minimum Gasteiger partial charge on any atom is -0.506 e. The van der Waals surface area contributed by atoms with Crippen LogP contribution in [0.4, 0.5) is 11.4 Å². The van der Waals surface area contributed by atoms with E-state index in [2.05, 4.69) is 15.5 Å². The number of ether oxygens (including phenoxy) is 1. The van der Waals surface area contributed by atoms with Crippen LogP contribution in [0.15, 0.2) is 72.8 Å². The van der Waals surface area contributed by atoms with Gasteiger partial charge in [0.05, 0.1) is 17.8 Å². The van der Waals surface area contributed by atoms with E-state index in [0.29, 0.717) is 48.1 Å². The number of carbonyl (C=O) groups is 2. The first-order chi connectivity index (χ1) is 17.0. The second-order valence-electron chi connectivity index (χ2n) is 8.47. The fourth-order valence-corrected chi connectivity index (χ4v) is 4.61. The highest BCUT2D eigenvalue weighted by molar-refractivity contribution is 6.32. The normalized spacial score (nSPS) is 15.3. The van der Waals surface area contributed by atoms with Gasteiger partial charge in [0.25, 0.3) is 0 Å². The third-order valence-electron chi connectivity index (χ3n) is 6.21. The monoisotopic (exact) mass is 493 g/mol. The molecule has 8 heteroatoms. The summed E-state index contributed by atoms with van der Waals surface area (Å²) >= 11 is 6.23. The quantitative estimate of drug-likeness (QED) is 0.399. The third kappa shape index (κ3) is 5.93. The van der Waals surface area contributed by atoms with Crippen LogP contribution in [0.2, 0.25) is 5.02 Å². The zero-order valence-electron chi connectivity index (χ0n) is 19.4. The summed E-state index contributed by atoms with van der Waals surface area (Å²) in [6.45, 7) is 1.16. The van der Waals surface area contributed by atoms with Gasteiger partial charge in [0.2, 0.25) is 11.8 Å². The van der Waals surface area contributed by atoms with Crippen molar-refractivity contribution in [3.63, 3.8) is 0 Å². The van der Waals surface area contributed by atoms with Gasteiger partial charge in [-0.25, -0.2) is 0 Å². The summed E-state index contributed by atoms with van der Waals surface area (Å²) in [4.78, 5) is 28.3. The van der Waals surface area contributed by atoms with Gasteiger partial charge in [0, 0.05) is 11.6 Å². The van der Waals surface area contributed by atoms with E-state index in [-0.39, 0.29) is 23.5 Å². The van der Waals surface area contributed by atoms with Crippen LogP contribution in [0.1, 0.15) is 24.4 Å². The van der Waals surface area contributed by atoms with Crippen molar-refractivity contribution >= 4 is 34.8 Å². The molecule has 1 heterocycles. The number of phenols is 1. The zero-order chi connectivity index (χ0) is 24.8. The molecule has 7 nitrogen and oxygen atoms in total. The summed E-state index contributed by atoms with van der Waals surface area (Å²) < 4.78 is 5.19. The Bertz CT molecular complexity index is 1180. The molecule has 182 valence electrons. The molecule has 1 aliphatic rings. The van der Waals surface area contributed by atoms with Gasteiger partial charge in [-0.05, 0) is 61.8 Å². The molecule has 0 spiro atoms. The van der Waals surface area contributed by atoms with Crippen molar-refractivity contribution in [2.45, 2.75) is 18.9 Å². The molecule has 3 aromatic carbocycles. The van der Waals surface area contributed by atoms with E-state index < -0.39 is 6.04 Å². The van der Waals surface area contributed by atoms with Crippen LogP contribution in [0, 0.1) is 5.92 Å². The Morgan fingerprint density at radius 3 is 2.34 bits per heavy atom. The van der Waals surface area contributed by atoms with E-state index in [1.54, 1.807) is 36.4 Å². The second-order valence-corrected chi connectivity index (χ2v) is 8.88. The van der Waals surface area contributed by atoms with Crippen molar-refractivity contribution < 1.29 is 19.4 Å². The second kappa shape index (κ2) is 11.3. The van der Waals surface area contributed by atoms with Gasteiger partial charge in [0.1, 0.15) is 17.5 Å². The number of likely N-dealkylation sites (tertiary alicyclic amines) is 1. The summed E-state index contributed by atoms with van der Waals surface area (Å²) in [5.74, 6) is 0.0752. The first-order valence-corrected chi connectivity index (χ1v) is 11.9. The highest BCUT2D eigenvalue weighted by atomic mass is 35.5. The summed E-state index contributed by atoms with van der Waals surface area (Å²) in [5.41, 5.74) is 1.86. The number of amides is 2. The van der Waals surface area contributed by atoms with Crippen molar-refractivity contribution in [3.8, 4) is 11.5 Å². The van der Waals surface area contributed by atoms with Crippen molar-refractivity contribution in [2.75, 3.05) is 30.8 Å². The SMILES string of the molecule is COc1ccc(NC(=O)[C@@H](c2ccccc2)N2CCC(C(=O)Nc3ccccc3O)CC2)cc1Cl. The van der Waals surface area contributed by atoms with Crippen molar-refractivity contribution in [1.29, 1.82) is 0 Å². The molecule has 3 N–H and O–H groups in total. The number of hydrogen-bond acceptors (Lipinski definition) is 5. The average Bonchev–Trinajstić information content (AvgIpc) is 2.87. The Morgan fingerprint density at radius 1 is 1.00 bits per heavy atom. The molecule has 0 radical (unpaired) electrons. The third-order valence-corrected chi connectivity index (χ3v) is 6.51. The van der Waals surface area contributed by atoms with Gasteiger partial charge in [-0.2, -0.15) is 0 Å². The van der Waals surface area contributed by atoms with Crippen molar-refractivity contribution in [1.82, 2.24) is 4.90 Å². The zero-order valence-corrected chi connectivity index (χ0v) is 20.2. The average molecular weight is 494 g/mol. The Kier molecular flexibility index (Phi) is 7.90. The van der Waals surface area contributed by atoms with Crippen LogP contribution in [-0.2, 0) is 9.59 Å². The maximum Gasteiger partial charge on any atom is 0.246 e. The molecule has 0 bridgehead atoms. The van der Waals surface area contributed by atoms with E-state index in [0.717, 1.165) is 5.56 Å². The van der Waals surface area contributed by atoms with Crippen LogP contribution in [0.25, 0.3) is 0 Å². The van der Waals surface area contributed by atoms with Gasteiger partial charge in [-0.3, -0.25) is 14.5 Å². The highest BCUT2D eigenvalue weighted by Crippen LogP contribution is 2.31. The van der Waals surface area contributed by atoms with Gasteiger partial charge in [0.15, 0.2) is 0 Å². The number of nitrogens with zero attached hydrogens (tertiary/aromatic N) is 1. The molecule has 4 rings (SSSR count). The number of piperidine rings is 1. The summed E-state index contributed by atoms with van der Waals surface area (Å²) in [6, 6.07) is 20.9. The number of carbonyl (C=O) groups excluding carboxylic acids is 2. The number of halogens is 1. The minimum atomic E-state index is -0.515. The fraction of sp³-hybridized carbons (Fsp3) is 0.259. The van der Waals surface area contributed by atoms with E-state index in [1.165, 1.54) is 13.2 Å². The number of methoxy groups -OCH3 is 1. The molecule has 35 heavy (non-hydrogen) atoms. The lowest BCUT2D eigenvalue weighted by Gasteiger charge is -2.36. The van der Waals surface area contributed by atoms with E-state index >= 15 is 0 Å². The Labute approximate surface area is 209 Å². The lowest BCUT2D eigenvalue weighted by Crippen LogP contribution is -2.44. The number of aromatic hydroxyl groups is 1. The molecule has 1 saturated heterocycles. The highest BCUT2D eigenvalue weighted by Gasteiger charge is 2.33. The van der Waals surface area contributed by atoms with E-state index in [9.17, 15) is 14.7 Å². The van der Waals surface area contributed by atoms with Crippen LogP contribution in [0.5, 0.6) is 11.5 Å². The van der Waals surface area contributed by atoms with Gasteiger partial charge >= 0.3 is 0 Å². The first kappa shape index (κ1) is 24.6. The van der Waals surface area contributed by atoms with Gasteiger partial charge in [-0.1, -0.05) is 54.1 Å². The Hall–Kier alpha value is -3.55. The first-order valence-electron chi connectivity index (χ1n) is 11.5. The largest absolute Gasteiger partial charge is 0.506 e. The van der Waals surface area contributed by atoms with E-state index in [4.69, 9.17) is 16.3 Å². The molecule has 0 aliphatic carbocycles. The number of nitrogens with one attached hydrogen (secondary N) is 2. The van der Waals surface area contributed by atoms with E-state index in [1.807, 2.05) is 30.3 Å². The van der Waals surface area contributed by atoms with Gasteiger partial charge in [-0.15, -0.1) is 0 Å². The van der Waals surface area contributed by atoms with Gasteiger partial charge < -0.3 is 20.5 Å². The molecule has 2 amide bonds. The van der Waals surface area contributed by atoms with Crippen LogP contribution in [0.3, 0.4) is 0 Å². The lowest BCUT2D eigenvalue weighted by molar-refractivity contribution is -0.124. The smallest absolute Gasteiger partial charge is 0.246 e. The molecular formula is C27H28ClN3O4. The van der Waals surface area contributed by atoms with Crippen LogP contribution in [-0.4, -0.2) is 42.0 Å². The number of para-hydroxylation sites is 2. The number of benzene rings is 3. The molecule has 1 fully saturated rings. The number of hydrogen-bond donors (Lipinski definition) is 3. The summed E-state index contributed by atoms with van der Waals surface area (Å²) in [6.07, 6.45) is 1.20. The predicted octanol–water partition coefficient (Wildman–Crippen LogP) is 5.08. The summed E-state index contributed by atoms with van der Waals surface area (Å²) in [7, 11) is 1.54. The van der Waals surface area contributed by atoms with Crippen LogP contribution < -0.4 is 15.4 Å².